The van der Waals surface area contributed by atoms with Crippen LogP contribution in [-0.2, 0) is 17.8 Å². The Morgan fingerprint density at radius 1 is 1.17 bits per heavy atom. The molecule has 4 nitrogen and oxygen atoms in total. The maximum Gasteiger partial charge on any atom is 0.221 e. The Morgan fingerprint density at radius 2 is 2.03 bits per heavy atom. The van der Waals surface area contributed by atoms with Gasteiger partial charge in [-0.05, 0) is 47.4 Å². The Hall–Kier alpha value is -3.34. The van der Waals surface area contributed by atoms with E-state index in [1.165, 1.54) is 17.7 Å². The van der Waals surface area contributed by atoms with E-state index in [2.05, 4.69) is 23.3 Å². The van der Waals surface area contributed by atoms with Gasteiger partial charge < -0.3 is 14.7 Å². The van der Waals surface area contributed by atoms with E-state index in [0.717, 1.165) is 28.5 Å². The quantitative estimate of drug-likeness (QED) is 0.450. The lowest BCUT2D eigenvalue weighted by atomic mass is 9.87. The second kappa shape index (κ2) is 8.35. The van der Waals surface area contributed by atoms with Gasteiger partial charge in [-0.1, -0.05) is 37.3 Å². The molecule has 2 heterocycles. The summed E-state index contributed by atoms with van der Waals surface area (Å²) in [7, 11) is 0. The van der Waals surface area contributed by atoms with Crippen LogP contribution in [0.2, 0.25) is 0 Å². The van der Waals surface area contributed by atoms with E-state index in [1.54, 1.807) is 18.4 Å². The van der Waals surface area contributed by atoms with Crippen LogP contribution in [0.1, 0.15) is 41.7 Å². The van der Waals surface area contributed by atoms with Crippen LogP contribution in [0.4, 0.5) is 4.39 Å². The van der Waals surface area contributed by atoms with Crippen molar-refractivity contribution >= 4 is 16.8 Å². The van der Waals surface area contributed by atoms with Gasteiger partial charge in [0.2, 0.25) is 5.91 Å². The normalized spacial score (nSPS) is 12.2. The molecule has 5 heteroatoms. The van der Waals surface area contributed by atoms with Crippen LogP contribution >= 0.6 is 0 Å². The molecule has 0 aliphatic carbocycles. The molecule has 0 unspecified atom stereocenters. The van der Waals surface area contributed by atoms with E-state index in [9.17, 15) is 9.18 Å². The first kappa shape index (κ1) is 19.0. The first-order valence-electron chi connectivity index (χ1n) is 9.79. The van der Waals surface area contributed by atoms with E-state index in [0.29, 0.717) is 12.3 Å². The SMILES string of the molecule is CCc1cccc2c([C@@H](CC(=O)NCc3ccco3)c3cccc(F)c3)c[nH]c12. The fraction of sp³-hybridized carbons (Fsp3) is 0.208. The number of fused-ring (bicyclic) bond motifs is 1. The predicted molar refractivity (Wildman–Crippen MR) is 111 cm³/mol. The Kier molecular flexibility index (Phi) is 5.47. The summed E-state index contributed by atoms with van der Waals surface area (Å²) in [5, 5.41) is 3.96. The number of carbonyl (C=O) groups is 1. The van der Waals surface area contributed by atoms with Crippen LogP contribution < -0.4 is 5.32 Å². The van der Waals surface area contributed by atoms with Crippen molar-refractivity contribution in [2.75, 3.05) is 0 Å². The molecule has 0 spiro atoms. The number of hydrogen-bond acceptors (Lipinski definition) is 2. The van der Waals surface area contributed by atoms with Gasteiger partial charge in [-0.25, -0.2) is 4.39 Å². The molecule has 1 atom stereocenters. The summed E-state index contributed by atoms with van der Waals surface area (Å²) in [6.45, 7) is 2.44. The van der Waals surface area contributed by atoms with Gasteiger partial charge in [-0.15, -0.1) is 0 Å². The van der Waals surface area contributed by atoms with E-state index in [4.69, 9.17) is 4.42 Å². The molecule has 0 saturated carbocycles. The number of aryl methyl sites for hydroxylation is 1. The molecule has 0 aliphatic rings. The average molecular weight is 390 g/mol. The van der Waals surface area contributed by atoms with Gasteiger partial charge in [-0.2, -0.15) is 0 Å². The molecule has 2 aromatic heterocycles. The standard InChI is InChI=1S/C24H23FN2O2/c1-2-16-6-4-10-20-22(15-27-24(16)20)21(17-7-3-8-18(25)12-17)13-23(28)26-14-19-9-5-11-29-19/h3-12,15,21,27H,2,13-14H2,1H3,(H,26,28)/t21-/m0/s1. The third kappa shape index (κ3) is 4.09. The predicted octanol–water partition coefficient (Wildman–Crippen LogP) is 5.30. The number of aromatic amines is 1. The molecular formula is C24H23FN2O2. The van der Waals surface area contributed by atoms with Crippen molar-refractivity contribution in [2.45, 2.75) is 32.2 Å². The van der Waals surface area contributed by atoms with E-state index in [1.807, 2.05) is 30.5 Å². The van der Waals surface area contributed by atoms with Crippen LogP contribution in [0.25, 0.3) is 10.9 Å². The number of hydrogen-bond donors (Lipinski definition) is 2. The molecule has 4 rings (SSSR count). The van der Waals surface area contributed by atoms with E-state index >= 15 is 0 Å². The van der Waals surface area contributed by atoms with Crippen molar-refractivity contribution in [3.8, 4) is 0 Å². The second-order valence-electron chi connectivity index (χ2n) is 7.11. The lowest BCUT2D eigenvalue weighted by Crippen LogP contribution is -2.24. The largest absolute Gasteiger partial charge is 0.467 e. The summed E-state index contributed by atoms with van der Waals surface area (Å²) in [6.07, 6.45) is 4.65. The molecule has 2 aromatic carbocycles. The van der Waals surface area contributed by atoms with Crippen molar-refractivity contribution in [3.05, 3.63) is 95.3 Å². The number of aromatic nitrogens is 1. The number of H-pyrrole nitrogens is 1. The summed E-state index contributed by atoms with van der Waals surface area (Å²) >= 11 is 0. The number of furan rings is 1. The maximum absolute atomic E-state index is 14.0. The topological polar surface area (TPSA) is 58.0 Å². The monoisotopic (exact) mass is 390 g/mol. The number of carbonyl (C=O) groups excluding carboxylic acids is 1. The summed E-state index contributed by atoms with van der Waals surface area (Å²) in [4.78, 5) is 16.1. The fourth-order valence-corrected chi connectivity index (χ4v) is 3.81. The minimum absolute atomic E-state index is 0.114. The van der Waals surface area contributed by atoms with E-state index < -0.39 is 0 Å². The fourth-order valence-electron chi connectivity index (χ4n) is 3.81. The van der Waals surface area contributed by atoms with Gasteiger partial charge in [0.25, 0.3) is 0 Å². The molecule has 148 valence electrons. The van der Waals surface area contributed by atoms with Gasteiger partial charge in [0.15, 0.2) is 0 Å². The first-order valence-corrected chi connectivity index (χ1v) is 9.79. The van der Waals surface area contributed by atoms with Crippen LogP contribution in [-0.4, -0.2) is 10.9 Å². The molecule has 0 bridgehead atoms. The molecular weight excluding hydrogens is 367 g/mol. The highest BCUT2D eigenvalue weighted by Gasteiger charge is 2.22. The zero-order valence-corrected chi connectivity index (χ0v) is 16.2. The van der Waals surface area contributed by atoms with Gasteiger partial charge in [-0.3, -0.25) is 4.79 Å². The second-order valence-corrected chi connectivity index (χ2v) is 7.11. The third-order valence-corrected chi connectivity index (χ3v) is 5.27. The minimum Gasteiger partial charge on any atom is -0.467 e. The highest BCUT2D eigenvalue weighted by atomic mass is 19.1. The third-order valence-electron chi connectivity index (χ3n) is 5.27. The number of para-hydroxylation sites is 1. The van der Waals surface area contributed by atoms with Gasteiger partial charge >= 0.3 is 0 Å². The van der Waals surface area contributed by atoms with Gasteiger partial charge in [0, 0.05) is 29.4 Å². The Bertz CT molecular complexity index is 1120. The van der Waals surface area contributed by atoms with Crippen molar-refractivity contribution in [1.82, 2.24) is 10.3 Å². The van der Waals surface area contributed by atoms with E-state index in [-0.39, 0.29) is 24.1 Å². The Morgan fingerprint density at radius 3 is 2.79 bits per heavy atom. The van der Waals surface area contributed by atoms with Crippen molar-refractivity contribution in [1.29, 1.82) is 0 Å². The van der Waals surface area contributed by atoms with Crippen molar-refractivity contribution in [2.24, 2.45) is 0 Å². The highest BCUT2D eigenvalue weighted by molar-refractivity contribution is 5.88. The molecule has 2 N–H and O–H groups in total. The summed E-state index contributed by atoms with van der Waals surface area (Å²) in [5.74, 6) is 0.0118. The zero-order chi connectivity index (χ0) is 20.2. The molecule has 4 aromatic rings. The van der Waals surface area contributed by atoms with Crippen molar-refractivity contribution in [3.63, 3.8) is 0 Å². The lowest BCUT2D eigenvalue weighted by molar-refractivity contribution is -0.121. The van der Waals surface area contributed by atoms with Crippen molar-refractivity contribution < 1.29 is 13.6 Å². The summed E-state index contributed by atoms with van der Waals surface area (Å²) in [5.41, 5.74) is 4.06. The molecule has 0 radical (unpaired) electrons. The molecule has 0 saturated heterocycles. The molecule has 0 fully saturated rings. The lowest BCUT2D eigenvalue weighted by Gasteiger charge is -2.17. The van der Waals surface area contributed by atoms with Crippen LogP contribution in [0.5, 0.6) is 0 Å². The minimum atomic E-state index is -0.308. The molecule has 1 amide bonds. The Labute approximate surface area is 168 Å². The summed E-state index contributed by atoms with van der Waals surface area (Å²) < 4.78 is 19.2. The number of rotatable bonds is 7. The number of halogens is 1. The highest BCUT2D eigenvalue weighted by Crippen LogP contribution is 2.34. The number of benzene rings is 2. The van der Waals surface area contributed by atoms with Gasteiger partial charge in [0.05, 0.1) is 12.8 Å². The first-order chi connectivity index (χ1) is 14.2. The number of nitrogens with one attached hydrogen (secondary N) is 2. The molecule has 29 heavy (non-hydrogen) atoms. The maximum atomic E-state index is 14.0. The van der Waals surface area contributed by atoms with Crippen LogP contribution in [0, 0.1) is 5.82 Å². The average Bonchev–Trinajstić information content (AvgIpc) is 3.40. The van der Waals surface area contributed by atoms with Crippen LogP contribution in [0.3, 0.4) is 0 Å². The smallest absolute Gasteiger partial charge is 0.221 e. The summed E-state index contributed by atoms with van der Waals surface area (Å²) in [6, 6.07) is 16.3. The zero-order valence-electron chi connectivity index (χ0n) is 16.2. The molecule has 0 aliphatic heterocycles. The van der Waals surface area contributed by atoms with Crippen LogP contribution in [0.15, 0.2) is 71.5 Å². The van der Waals surface area contributed by atoms with Gasteiger partial charge in [0.1, 0.15) is 11.6 Å². The Balaban J connectivity index is 1.67. The number of amides is 1.